The summed E-state index contributed by atoms with van der Waals surface area (Å²) in [6, 6.07) is 11.2. The molecule has 7 nitrogen and oxygen atoms in total. The maximum Gasteiger partial charge on any atom is 0.271 e. The lowest BCUT2D eigenvalue weighted by Gasteiger charge is -2.12. The third-order valence-corrected chi connectivity index (χ3v) is 4.36. The number of benzene rings is 2. The number of anilines is 1. The lowest BCUT2D eigenvalue weighted by Crippen LogP contribution is -2.14. The number of ether oxygens (including phenoxy) is 2. The second kappa shape index (κ2) is 9.05. The first-order chi connectivity index (χ1) is 12.1. The van der Waals surface area contributed by atoms with Crippen LogP contribution in [0.2, 0.25) is 0 Å². The highest BCUT2D eigenvalue weighted by atomic mass is 32.2. The standard InChI is InChI=1S/C17H18N2O5S/c1-23-9-10-25-16-6-4-3-5-13(16)17(20)18-14-11-12(19(21)22)7-8-15(14)24-2/h3-8,11H,9-10H2,1-2H3,(H,18,20). The molecule has 0 saturated carbocycles. The van der Waals surface area contributed by atoms with Gasteiger partial charge in [-0.05, 0) is 18.2 Å². The van der Waals surface area contributed by atoms with Gasteiger partial charge in [0.25, 0.3) is 11.6 Å². The van der Waals surface area contributed by atoms with E-state index in [1.165, 1.54) is 37.1 Å². The minimum atomic E-state index is -0.524. The summed E-state index contributed by atoms with van der Waals surface area (Å²) in [7, 11) is 3.05. The van der Waals surface area contributed by atoms with Crippen LogP contribution in [0.25, 0.3) is 0 Å². The van der Waals surface area contributed by atoms with Crippen molar-refractivity contribution in [3.8, 4) is 5.75 Å². The van der Waals surface area contributed by atoms with Crippen molar-refractivity contribution in [2.24, 2.45) is 0 Å². The molecule has 0 aromatic heterocycles. The number of non-ortho nitro benzene ring substituents is 1. The van der Waals surface area contributed by atoms with E-state index in [1.54, 1.807) is 19.2 Å². The smallest absolute Gasteiger partial charge is 0.271 e. The van der Waals surface area contributed by atoms with E-state index in [9.17, 15) is 14.9 Å². The molecule has 25 heavy (non-hydrogen) atoms. The van der Waals surface area contributed by atoms with Crippen molar-refractivity contribution < 1.29 is 19.2 Å². The molecule has 0 unspecified atom stereocenters. The number of thioether (sulfide) groups is 1. The van der Waals surface area contributed by atoms with Gasteiger partial charge in [-0.1, -0.05) is 12.1 Å². The maximum atomic E-state index is 12.6. The summed E-state index contributed by atoms with van der Waals surface area (Å²) in [4.78, 5) is 23.9. The lowest BCUT2D eigenvalue weighted by molar-refractivity contribution is -0.384. The van der Waals surface area contributed by atoms with Crippen LogP contribution in [-0.2, 0) is 4.74 Å². The molecule has 0 aliphatic rings. The highest BCUT2D eigenvalue weighted by Crippen LogP contribution is 2.30. The van der Waals surface area contributed by atoms with Crippen LogP contribution >= 0.6 is 11.8 Å². The molecule has 2 rings (SSSR count). The molecule has 0 saturated heterocycles. The number of hydrogen-bond donors (Lipinski definition) is 1. The third-order valence-electron chi connectivity index (χ3n) is 3.32. The van der Waals surface area contributed by atoms with Gasteiger partial charge in [-0.3, -0.25) is 14.9 Å². The van der Waals surface area contributed by atoms with Gasteiger partial charge in [0, 0.05) is 29.9 Å². The molecule has 0 radical (unpaired) electrons. The van der Waals surface area contributed by atoms with Crippen LogP contribution < -0.4 is 10.1 Å². The molecule has 0 aliphatic heterocycles. The monoisotopic (exact) mass is 362 g/mol. The number of nitro groups is 1. The average molecular weight is 362 g/mol. The van der Waals surface area contributed by atoms with Crippen molar-refractivity contribution in [3.05, 3.63) is 58.1 Å². The van der Waals surface area contributed by atoms with Gasteiger partial charge < -0.3 is 14.8 Å². The van der Waals surface area contributed by atoms with E-state index in [2.05, 4.69) is 5.32 Å². The van der Waals surface area contributed by atoms with Gasteiger partial charge in [-0.25, -0.2) is 0 Å². The Morgan fingerprint density at radius 1 is 1.24 bits per heavy atom. The highest BCUT2D eigenvalue weighted by Gasteiger charge is 2.16. The summed E-state index contributed by atoms with van der Waals surface area (Å²) in [6.07, 6.45) is 0. The van der Waals surface area contributed by atoms with E-state index in [-0.39, 0.29) is 17.3 Å². The SMILES string of the molecule is COCCSc1ccccc1C(=O)Nc1cc([N+](=O)[O-])ccc1OC. The van der Waals surface area contributed by atoms with E-state index in [1.807, 2.05) is 12.1 Å². The highest BCUT2D eigenvalue weighted by molar-refractivity contribution is 7.99. The molecule has 0 fully saturated rings. The van der Waals surface area contributed by atoms with Gasteiger partial charge in [0.05, 0.1) is 29.9 Å². The van der Waals surface area contributed by atoms with Crippen LogP contribution in [0.1, 0.15) is 10.4 Å². The number of nitro benzene ring substituents is 1. The first kappa shape index (κ1) is 18.8. The Labute approximate surface area is 149 Å². The number of amides is 1. The van der Waals surface area contributed by atoms with Crippen molar-refractivity contribution in [2.45, 2.75) is 4.90 Å². The Morgan fingerprint density at radius 3 is 2.68 bits per heavy atom. The van der Waals surface area contributed by atoms with Gasteiger partial charge in [0.15, 0.2) is 0 Å². The quantitative estimate of drug-likeness (QED) is 0.334. The Balaban J connectivity index is 2.25. The molecule has 0 bridgehead atoms. The molecule has 1 N–H and O–H groups in total. The van der Waals surface area contributed by atoms with Crippen molar-refractivity contribution in [1.82, 2.24) is 0 Å². The molecular weight excluding hydrogens is 344 g/mol. The first-order valence-corrected chi connectivity index (χ1v) is 8.40. The number of carbonyl (C=O) groups excluding carboxylic acids is 1. The van der Waals surface area contributed by atoms with Gasteiger partial charge >= 0.3 is 0 Å². The summed E-state index contributed by atoms with van der Waals surface area (Å²) in [5.74, 6) is 0.698. The van der Waals surface area contributed by atoms with Crippen LogP contribution in [0.4, 0.5) is 11.4 Å². The fraction of sp³-hybridized carbons (Fsp3) is 0.235. The minimum Gasteiger partial charge on any atom is -0.495 e. The maximum absolute atomic E-state index is 12.6. The normalized spacial score (nSPS) is 10.3. The van der Waals surface area contributed by atoms with E-state index < -0.39 is 4.92 Å². The first-order valence-electron chi connectivity index (χ1n) is 7.41. The molecule has 0 atom stereocenters. The van der Waals surface area contributed by atoms with Crippen molar-refractivity contribution in [3.63, 3.8) is 0 Å². The molecule has 2 aromatic carbocycles. The number of rotatable bonds is 8. The molecule has 0 aliphatic carbocycles. The minimum absolute atomic E-state index is 0.126. The van der Waals surface area contributed by atoms with E-state index in [4.69, 9.17) is 9.47 Å². The van der Waals surface area contributed by atoms with Gasteiger partial charge in [0.2, 0.25) is 0 Å². The van der Waals surface area contributed by atoms with E-state index in [0.29, 0.717) is 23.7 Å². The Morgan fingerprint density at radius 2 is 2.00 bits per heavy atom. The summed E-state index contributed by atoms with van der Waals surface area (Å²) in [5, 5.41) is 13.6. The van der Waals surface area contributed by atoms with E-state index in [0.717, 1.165) is 4.90 Å². The number of methoxy groups -OCH3 is 2. The number of nitrogens with one attached hydrogen (secondary N) is 1. The topological polar surface area (TPSA) is 90.7 Å². The summed E-state index contributed by atoms with van der Waals surface area (Å²) >= 11 is 1.50. The van der Waals surface area contributed by atoms with Crippen molar-refractivity contribution >= 4 is 29.0 Å². The van der Waals surface area contributed by atoms with Crippen LogP contribution in [0.3, 0.4) is 0 Å². The summed E-state index contributed by atoms with van der Waals surface area (Å²) in [6.45, 7) is 0.569. The Hall–Kier alpha value is -2.58. The molecule has 8 heteroatoms. The van der Waals surface area contributed by atoms with Gasteiger partial charge in [-0.2, -0.15) is 0 Å². The van der Waals surface area contributed by atoms with Crippen molar-refractivity contribution in [1.29, 1.82) is 0 Å². The van der Waals surface area contributed by atoms with Crippen LogP contribution in [0.5, 0.6) is 5.75 Å². The van der Waals surface area contributed by atoms with Gasteiger partial charge in [-0.15, -0.1) is 11.8 Å². The molecule has 0 spiro atoms. The number of carbonyl (C=O) groups is 1. The average Bonchev–Trinajstić information content (AvgIpc) is 2.62. The number of hydrogen-bond acceptors (Lipinski definition) is 6. The zero-order valence-electron chi connectivity index (χ0n) is 13.9. The molecule has 0 heterocycles. The molecule has 132 valence electrons. The van der Waals surface area contributed by atoms with Crippen LogP contribution in [0.15, 0.2) is 47.4 Å². The van der Waals surface area contributed by atoms with Crippen LogP contribution in [0, 0.1) is 10.1 Å². The Bertz CT molecular complexity index is 766. The summed E-state index contributed by atoms with van der Waals surface area (Å²) < 4.78 is 10.2. The zero-order valence-corrected chi connectivity index (χ0v) is 14.7. The zero-order chi connectivity index (χ0) is 18.2. The lowest BCUT2D eigenvalue weighted by atomic mass is 10.2. The second-order valence-electron chi connectivity index (χ2n) is 4.93. The van der Waals surface area contributed by atoms with Crippen LogP contribution in [-0.4, -0.2) is 37.4 Å². The third kappa shape index (κ3) is 4.94. The molecule has 1 amide bonds. The predicted octanol–water partition coefficient (Wildman–Crippen LogP) is 3.59. The fourth-order valence-corrected chi connectivity index (χ4v) is 3.07. The molecule has 2 aromatic rings. The molecular formula is C17H18N2O5S. The van der Waals surface area contributed by atoms with E-state index >= 15 is 0 Å². The predicted molar refractivity (Wildman–Crippen MR) is 96.6 cm³/mol. The summed E-state index contributed by atoms with van der Waals surface area (Å²) in [5.41, 5.74) is 0.606. The Kier molecular flexibility index (Phi) is 6.79. The van der Waals surface area contributed by atoms with Gasteiger partial charge in [0.1, 0.15) is 5.75 Å². The number of nitrogens with zero attached hydrogens (tertiary/aromatic N) is 1. The largest absolute Gasteiger partial charge is 0.495 e. The second-order valence-corrected chi connectivity index (χ2v) is 6.07. The fourth-order valence-electron chi connectivity index (χ4n) is 2.11. The van der Waals surface area contributed by atoms with Crippen molar-refractivity contribution in [2.75, 3.05) is 31.9 Å².